The van der Waals surface area contributed by atoms with E-state index in [2.05, 4.69) is 23.2 Å². The van der Waals surface area contributed by atoms with Crippen LogP contribution in [-0.2, 0) is 6.42 Å². The second-order valence-electron chi connectivity index (χ2n) is 4.11. The first-order chi connectivity index (χ1) is 7.81. The number of aromatic nitrogens is 1. The fraction of sp³-hybridized carbons (Fsp3) is 0.357. The zero-order chi connectivity index (χ0) is 11.4. The molecular weight excluding hydrogens is 198 g/mol. The number of aryl methyl sites for hydroxylation is 1. The van der Waals surface area contributed by atoms with E-state index < -0.39 is 0 Å². The lowest BCUT2D eigenvalue weighted by Crippen LogP contribution is -2.05. The van der Waals surface area contributed by atoms with Crippen LogP contribution in [0.3, 0.4) is 0 Å². The minimum atomic E-state index is -0.188. The standard InChI is InChI=1S/C14H17NO/c1-2-13(16)7-6-11-4-3-5-12-8-9-15-10-14(11)12/h3-5,8-10,13,16H,2,6-7H2,1H3. The van der Waals surface area contributed by atoms with Gasteiger partial charge in [-0.3, -0.25) is 4.98 Å². The lowest BCUT2D eigenvalue weighted by molar-refractivity contribution is 0.161. The van der Waals surface area contributed by atoms with Gasteiger partial charge in [0.15, 0.2) is 0 Å². The molecule has 0 bridgehead atoms. The monoisotopic (exact) mass is 215 g/mol. The number of hydrogen-bond donors (Lipinski definition) is 1. The van der Waals surface area contributed by atoms with Gasteiger partial charge in [0.25, 0.3) is 0 Å². The maximum Gasteiger partial charge on any atom is 0.0540 e. The van der Waals surface area contributed by atoms with Crippen molar-refractivity contribution < 1.29 is 5.11 Å². The van der Waals surface area contributed by atoms with Crippen molar-refractivity contribution in [1.82, 2.24) is 4.98 Å². The average Bonchev–Trinajstić information content (AvgIpc) is 2.35. The van der Waals surface area contributed by atoms with Crippen molar-refractivity contribution in [2.75, 3.05) is 0 Å². The second-order valence-corrected chi connectivity index (χ2v) is 4.11. The van der Waals surface area contributed by atoms with Gasteiger partial charge in [-0.2, -0.15) is 0 Å². The molecule has 2 heteroatoms. The summed E-state index contributed by atoms with van der Waals surface area (Å²) in [7, 11) is 0. The number of nitrogens with zero attached hydrogens (tertiary/aromatic N) is 1. The Morgan fingerprint density at radius 2 is 2.19 bits per heavy atom. The molecule has 16 heavy (non-hydrogen) atoms. The number of aliphatic hydroxyl groups is 1. The molecule has 1 unspecified atom stereocenters. The molecule has 2 rings (SSSR count). The number of fused-ring (bicyclic) bond motifs is 1. The van der Waals surface area contributed by atoms with Gasteiger partial charge in [0.05, 0.1) is 6.10 Å². The van der Waals surface area contributed by atoms with Crippen LogP contribution in [0.5, 0.6) is 0 Å². The van der Waals surface area contributed by atoms with Gasteiger partial charge >= 0.3 is 0 Å². The molecule has 0 spiro atoms. The molecule has 1 aromatic carbocycles. The summed E-state index contributed by atoms with van der Waals surface area (Å²) in [5.74, 6) is 0. The van der Waals surface area contributed by atoms with Crippen molar-refractivity contribution in [2.24, 2.45) is 0 Å². The maximum absolute atomic E-state index is 9.58. The maximum atomic E-state index is 9.58. The fourth-order valence-corrected chi connectivity index (χ4v) is 1.92. The highest BCUT2D eigenvalue weighted by molar-refractivity contribution is 5.84. The normalized spacial score (nSPS) is 12.9. The smallest absolute Gasteiger partial charge is 0.0540 e. The van der Waals surface area contributed by atoms with Crippen LogP contribution in [0.4, 0.5) is 0 Å². The molecule has 0 saturated carbocycles. The van der Waals surface area contributed by atoms with E-state index in [0.29, 0.717) is 0 Å². The van der Waals surface area contributed by atoms with E-state index >= 15 is 0 Å². The second kappa shape index (κ2) is 5.08. The Kier molecular flexibility index (Phi) is 3.52. The highest BCUT2D eigenvalue weighted by atomic mass is 16.3. The summed E-state index contributed by atoms with van der Waals surface area (Å²) in [6.45, 7) is 2.01. The minimum Gasteiger partial charge on any atom is -0.393 e. The highest BCUT2D eigenvalue weighted by Crippen LogP contribution is 2.19. The van der Waals surface area contributed by atoms with Crippen molar-refractivity contribution in [3.05, 3.63) is 42.2 Å². The van der Waals surface area contributed by atoms with Gasteiger partial charge in [0, 0.05) is 17.8 Å². The van der Waals surface area contributed by atoms with E-state index in [1.807, 2.05) is 25.4 Å². The highest BCUT2D eigenvalue weighted by Gasteiger charge is 2.04. The van der Waals surface area contributed by atoms with Gasteiger partial charge in [-0.1, -0.05) is 25.1 Å². The summed E-state index contributed by atoms with van der Waals surface area (Å²) in [4.78, 5) is 4.16. The van der Waals surface area contributed by atoms with E-state index in [0.717, 1.165) is 19.3 Å². The van der Waals surface area contributed by atoms with Crippen LogP contribution in [-0.4, -0.2) is 16.2 Å². The molecular formula is C14H17NO. The van der Waals surface area contributed by atoms with Crippen LogP contribution in [0, 0.1) is 0 Å². The number of hydrogen-bond acceptors (Lipinski definition) is 2. The first kappa shape index (κ1) is 11.1. The number of rotatable bonds is 4. The van der Waals surface area contributed by atoms with Crippen molar-refractivity contribution >= 4 is 10.8 Å². The quantitative estimate of drug-likeness (QED) is 0.850. The summed E-state index contributed by atoms with van der Waals surface area (Å²) < 4.78 is 0. The first-order valence-corrected chi connectivity index (χ1v) is 5.81. The van der Waals surface area contributed by atoms with Crippen molar-refractivity contribution in [1.29, 1.82) is 0 Å². The number of pyridine rings is 1. The van der Waals surface area contributed by atoms with Crippen molar-refractivity contribution in [3.63, 3.8) is 0 Å². The van der Waals surface area contributed by atoms with E-state index in [1.165, 1.54) is 16.3 Å². The van der Waals surface area contributed by atoms with Gasteiger partial charge in [-0.25, -0.2) is 0 Å². The molecule has 1 N–H and O–H groups in total. The van der Waals surface area contributed by atoms with Gasteiger partial charge < -0.3 is 5.11 Å². The molecule has 1 aromatic heterocycles. The molecule has 84 valence electrons. The molecule has 0 aliphatic rings. The van der Waals surface area contributed by atoms with E-state index in [4.69, 9.17) is 0 Å². The summed E-state index contributed by atoms with van der Waals surface area (Å²) in [6, 6.07) is 8.30. The molecule has 2 nitrogen and oxygen atoms in total. The Labute approximate surface area is 96.0 Å². The van der Waals surface area contributed by atoms with Crippen LogP contribution < -0.4 is 0 Å². The van der Waals surface area contributed by atoms with E-state index in [9.17, 15) is 5.11 Å². The van der Waals surface area contributed by atoms with Gasteiger partial charge in [-0.15, -0.1) is 0 Å². The number of aliphatic hydroxyl groups excluding tert-OH is 1. The first-order valence-electron chi connectivity index (χ1n) is 5.81. The Morgan fingerprint density at radius 1 is 1.31 bits per heavy atom. The van der Waals surface area contributed by atoms with E-state index in [-0.39, 0.29) is 6.10 Å². The minimum absolute atomic E-state index is 0.188. The van der Waals surface area contributed by atoms with Gasteiger partial charge in [0.2, 0.25) is 0 Å². The van der Waals surface area contributed by atoms with Gasteiger partial charge in [-0.05, 0) is 36.3 Å². The molecule has 0 amide bonds. The molecule has 1 heterocycles. The van der Waals surface area contributed by atoms with Crippen LogP contribution in [0.15, 0.2) is 36.7 Å². The Hall–Kier alpha value is -1.41. The molecule has 0 fully saturated rings. The summed E-state index contributed by atoms with van der Waals surface area (Å²) in [5.41, 5.74) is 1.28. The zero-order valence-electron chi connectivity index (χ0n) is 9.56. The van der Waals surface area contributed by atoms with Crippen LogP contribution in [0.25, 0.3) is 10.8 Å². The van der Waals surface area contributed by atoms with E-state index in [1.54, 1.807) is 0 Å². The molecule has 0 saturated heterocycles. The topological polar surface area (TPSA) is 33.1 Å². The SMILES string of the molecule is CCC(O)CCc1cccc2ccncc12. The summed E-state index contributed by atoms with van der Waals surface area (Å²) >= 11 is 0. The number of benzene rings is 1. The van der Waals surface area contributed by atoms with Crippen LogP contribution in [0.1, 0.15) is 25.3 Å². The molecule has 0 aliphatic carbocycles. The largest absolute Gasteiger partial charge is 0.393 e. The zero-order valence-corrected chi connectivity index (χ0v) is 9.56. The van der Waals surface area contributed by atoms with Crippen LogP contribution in [0.2, 0.25) is 0 Å². The Balaban J connectivity index is 2.23. The molecule has 0 aliphatic heterocycles. The fourth-order valence-electron chi connectivity index (χ4n) is 1.92. The Morgan fingerprint density at radius 3 is 3.00 bits per heavy atom. The summed E-state index contributed by atoms with van der Waals surface area (Å²) in [5, 5.41) is 12.0. The summed E-state index contributed by atoms with van der Waals surface area (Å²) in [6.07, 6.45) is 6.09. The molecule has 0 radical (unpaired) electrons. The third-order valence-corrected chi connectivity index (χ3v) is 2.99. The predicted molar refractivity (Wildman–Crippen MR) is 66.4 cm³/mol. The average molecular weight is 215 g/mol. The Bertz CT molecular complexity index is 462. The van der Waals surface area contributed by atoms with Crippen LogP contribution >= 0.6 is 0 Å². The molecule has 1 atom stereocenters. The van der Waals surface area contributed by atoms with Gasteiger partial charge in [0.1, 0.15) is 0 Å². The predicted octanol–water partition coefficient (Wildman–Crippen LogP) is 2.94. The third kappa shape index (κ3) is 2.39. The van der Waals surface area contributed by atoms with Crippen molar-refractivity contribution in [2.45, 2.75) is 32.3 Å². The lowest BCUT2D eigenvalue weighted by Gasteiger charge is -2.09. The van der Waals surface area contributed by atoms with Crippen molar-refractivity contribution in [3.8, 4) is 0 Å². The lowest BCUT2D eigenvalue weighted by atomic mass is 10.0. The third-order valence-electron chi connectivity index (χ3n) is 2.99. The molecule has 2 aromatic rings.